The lowest BCUT2D eigenvalue weighted by atomic mass is 10.1. The molecule has 1 saturated heterocycles. The van der Waals surface area contributed by atoms with E-state index >= 15 is 0 Å². The van der Waals surface area contributed by atoms with Gasteiger partial charge in [-0.15, -0.1) is 0 Å². The minimum Gasteiger partial charge on any atom is -0.495 e. The Hall–Kier alpha value is -3.02. The summed E-state index contributed by atoms with van der Waals surface area (Å²) in [5.74, 6) is 0.0216. The minimum atomic E-state index is -0.394. The van der Waals surface area contributed by atoms with E-state index in [1.165, 1.54) is 0 Å². The first-order valence-electron chi connectivity index (χ1n) is 9.09. The fraction of sp³-hybridized carbons (Fsp3) is 0.333. The van der Waals surface area contributed by atoms with Crippen LogP contribution in [0.5, 0.6) is 5.75 Å². The van der Waals surface area contributed by atoms with Crippen LogP contribution in [0, 0.1) is 5.92 Å². The molecule has 6 heteroatoms. The summed E-state index contributed by atoms with van der Waals surface area (Å²) in [5.41, 5.74) is 2.47. The van der Waals surface area contributed by atoms with E-state index in [4.69, 9.17) is 4.74 Å². The van der Waals surface area contributed by atoms with Crippen molar-refractivity contribution in [1.29, 1.82) is 0 Å². The number of amides is 2. The second-order valence-corrected chi connectivity index (χ2v) is 6.63. The number of carbonyl (C=O) groups is 2. The zero-order valence-electron chi connectivity index (χ0n) is 15.9. The highest BCUT2D eigenvalue weighted by Crippen LogP contribution is 2.33. The number of nitrogens with one attached hydrogen (secondary N) is 1. The summed E-state index contributed by atoms with van der Waals surface area (Å²) >= 11 is 0. The van der Waals surface area contributed by atoms with E-state index in [9.17, 15) is 9.59 Å². The fourth-order valence-corrected chi connectivity index (χ4v) is 3.22. The highest BCUT2D eigenvalue weighted by atomic mass is 16.5. The molecule has 1 heterocycles. The molecule has 0 bridgehead atoms. The Bertz CT molecular complexity index is 837. The van der Waals surface area contributed by atoms with Gasteiger partial charge in [-0.2, -0.15) is 0 Å². The first-order valence-corrected chi connectivity index (χ1v) is 9.09. The molecule has 0 radical (unpaired) electrons. The number of nitrogens with zero attached hydrogens (tertiary/aromatic N) is 2. The van der Waals surface area contributed by atoms with Crippen LogP contribution in [-0.4, -0.2) is 39.1 Å². The summed E-state index contributed by atoms with van der Waals surface area (Å²) < 4.78 is 5.34. The van der Waals surface area contributed by atoms with Gasteiger partial charge < -0.3 is 19.9 Å². The highest BCUT2D eigenvalue weighted by Gasteiger charge is 2.36. The van der Waals surface area contributed by atoms with E-state index < -0.39 is 5.92 Å². The molecule has 0 aromatic heterocycles. The topological polar surface area (TPSA) is 61.9 Å². The zero-order valence-corrected chi connectivity index (χ0v) is 15.9. The van der Waals surface area contributed by atoms with Crippen molar-refractivity contribution in [3.63, 3.8) is 0 Å². The van der Waals surface area contributed by atoms with Gasteiger partial charge >= 0.3 is 0 Å². The molecule has 2 amide bonds. The van der Waals surface area contributed by atoms with Crippen molar-refractivity contribution in [3.05, 3.63) is 48.5 Å². The average Bonchev–Trinajstić information content (AvgIpc) is 3.09. The number of methoxy groups -OCH3 is 1. The maximum atomic E-state index is 12.7. The molecule has 2 aromatic rings. The van der Waals surface area contributed by atoms with E-state index in [-0.39, 0.29) is 18.2 Å². The largest absolute Gasteiger partial charge is 0.495 e. The predicted molar refractivity (Wildman–Crippen MR) is 107 cm³/mol. The summed E-state index contributed by atoms with van der Waals surface area (Å²) in [7, 11) is 3.57. The van der Waals surface area contributed by atoms with E-state index in [1.54, 1.807) is 12.0 Å². The molecule has 1 aliphatic rings. The van der Waals surface area contributed by atoms with E-state index in [2.05, 4.69) is 17.1 Å². The molecule has 1 atom stereocenters. The number of carbonyl (C=O) groups excluding carboxylic acids is 2. The highest BCUT2D eigenvalue weighted by molar-refractivity contribution is 6.04. The molecule has 2 aromatic carbocycles. The molecule has 142 valence electrons. The van der Waals surface area contributed by atoms with Crippen molar-refractivity contribution in [1.82, 2.24) is 0 Å². The number of hydrogen-bond donors (Lipinski definition) is 1. The van der Waals surface area contributed by atoms with Gasteiger partial charge in [0.2, 0.25) is 11.8 Å². The quantitative estimate of drug-likeness (QED) is 0.852. The molecular formula is C21H25N3O3. The van der Waals surface area contributed by atoms with Crippen molar-refractivity contribution >= 4 is 28.9 Å². The maximum absolute atomic E-state index is 12.7. The minimum absolute atomic E-state index is 0.0703. The van der Waals surface area contributed by atoms with Gasteiger partial charge in [-0.25, -0.2) is 0 Å². The van der Waals surface area contributed by atoms with Crippen LogP contribution in [0.1, 0.15) is 13.3 Å². The van der Waals surface area contributed by atoms with Crippen LogP contribution in [0.4, 0.5) is 17.1 Å². The van der Waals surface area contributed by atoms with Crippen molar-refractivity contribution in [2.24, 2.45) is 5.92 Å². The van der Waals surface area contributed by atoms with Crippen LogP contribution >= 0.6 is 0 Å². The van der Waals surface area contributed by atoms with Gasteiger partial charge in [-0.05, 0) is 37.3 Å². The third-order valence-electron chi connectivity index (χ3n) is 4.90. The standard InChI is InChI=1S/C21H25N3O3/c1-4-23(2)17-9-7-8-16(13-17)22-21(26)15-12-20(25)24(14-15)18-10-5-6-11-19(18)27-3/h5-11,13,15H,4,12,14H2,1-3H3,(H,22,26). The molecule has 27 heavy (non-hydrogen) atoms. The van der Waals surface area contributed by atoms with Gasteiger partial charge in [0.05, 0.1) is 18.7 Å². The van der Waals surface area contributed by atoms with Gasteiger partial charge in [0, 0.05) is 37.9 Å². The molecule has 1 unspecified atom stereocenters. The molecule has 0 spiro atoms. The maximum Gasteiger partial charge on any atom is 0.229 e. The SMILES string of the molecule is CCN(C)c1cccc(NC(=O)C2CC(=O)N(c3ccccc3OC)C2)c1. The average molecular weight is 367 g/mol. The van der Waals surface area contributed by atoms with Crippen LogP contribution in [0.3, 0.4) is 0 Å². The first-order chi connectivity index (χ1) is 13.0. The van der Waals surface area contributed by atoms with Gasteiger partial charge in [0.25, 0.3) is 0 Å². The normalized spacial score (nSPS) is 16.3. The number of rotatable bonds is 6. The van der Waals surface area contributed by atoms with Crippen LogP contribution in [0.2, 0.25) is 0 Å². The van der Waals surface area contributed by atoms with E-state index in [0.29, 0.717) is 18.0 Å². The molecule has 6 nitrogen and oxygen atoms in total. The second kappa shape index (κ2) is 8.12. The smallest absolute Gasteiger partial charge is 0.229 e. The van der Waals surface area contributed by atoms with E-state index in [1.807, 2.05) is 55.6 Å². The molecule has 1 N–H and O–H groups in total. The predicted octanol–water partition coefficient (Wildman–Crippen LogP) is 3.14. The number of anilines is 3. The lowest BCUT2D eigenvalue weighted by Crippen LogP contribution is -2.28. The van der Waals surface area contributed by atoms with Crippen LogP contribution in [0.15, 0.2) is 48.5 Å². The van der Waals surface area contributed by atoms with Crippen LogP contribution < -0.4 is 19.9 Å². The fourth-order valence-electron chi connectivity index (χ4n) is 3.22. The molecule has 0 aliphatic carbocycles. The lowest BCUT2D eigenvalue weighted by molar-refractivity contribution is -0.122. The second-order valence-electron chi connectivity index (χ2n) is 6.63. The summed E-state index contributed by atoms with van der Waals surface area (Å²) in [6.07, 6.45) is 0.193. The third-order valence-corrected chi connectivity index (χ3v) is 4.90. The Kier molecular flexibility index (Phi) is 5.64. The molecule has 3 rings (SSSR count). The van der Waals surface area contributed by atoms with Crippen LogP contribution in [-0.2, 0) is 9.59 Å². The molecule has 1 aliphatic heterocycles. The van der Waals surface area contributed by atoms with Crippen molar-refractivity contribution in [3.8, 4) is 5.75 Å². The Labute approximate surface area is 159 Å². The monoisotopic (exact) mass is 367 g/mol. The van der Waals surface area contributed by atoms with Gasteiger partial charge in [-0.1, -0.05) is 18.2 Å². The molecular weight excluding hydrogens is 342 g/mol. The summed E-state index contributed by atoms with van der Waals surface area (Å²) in [6, 6.07) is 15.1. The lowest BCUT2D eigenvalue weighted by Gasteiger charge is -2.20. The Morgan fingerprint density at radius 3 is 2.78 bits per heavy atom. The van der Waals surface area contributed by atoms with Crippen molar-refractivity contribution in [2.45, 2.75) is 13.3 Å². The van der Waals surface area contributed by atoms with Crippen molar-refractivity contribution < 1.29 is 14.3 Å². The van der Waals surface area contributed by atoms with Crippen molar-refractivity contribution in [2.75, 3.05) is 42.4 Å². The summed E-state index contributed by atoms with van der Waals surface area (Å²) in [4.78, 5) is 28.9. The van der Waals surface area contributed by atoms with Gasteiger partial charge in [0.1, 0.15) is 5.75 Å². The zero-order chi connectivity index (χ0) is 19.4. The van der Waals surface area contributed by atoms with Gasteiger partial charge in [-0.3, -0.25) is 9.59 Å². The number of ether oxygens (including phenoxy) is 1. The molecule has 0 saturated carbocycles. The third kappa shape index (κ3) is 4.05. The number of hydrogen-bond acceptors (Lipinski definition) is 4. The Morgan fingerprint density at radius 1 is 1.26 bits per heavy atom. The summed E-state index contributed by atoms with van der Waals surface area (Å²) in [6.45, 7) is 3.30. The Morgan fingerprint density at radius 2 is 2.04 bits per heavy atom. The first kappa shape index (κ1) is 18.8. The summed E-state index contributed by atoms with van der Waals surface area (Å²) in [5, 5.41) is 2.95. The van der Waals surface area contributed by atoms with E-state index in [0.717, 1.165) is 17.9 Å². The van der Waals surface area contributed by atoms with Crippen LogP contribution in [0.25, 0.3) is 0 Å². The number of para-hydroxylation sites is 2. The number of benzene rings is 2. The van der Waals surface area contributed by atoms with Gasteiger partial charge in [0.15, 0.2) is 0 Å². The molecule has 1 fully saturated rings. The Balaban J connectivity index is 1.71.